The molecule has 0 saturated heterocycles. The van der Waals surface area contributed by atoms with Gasteiger partial charge in [-0.05, 0) is 24.4 Å². The number of nitrogens with one attached hydrogen (secondary N) is 1. The molecule has 1 N–H and O–H groups in total. The number of rotatable bonds is 4. The molecule has 0 spiro atoms. The molecule has 16 heavy (non-hydrogen) atoms. The van der Waals surface area contributed by atoms with Gasteiger partial charge in [0.05, 0.1) is 12.1 Å². The van der Waals surface area contributed by atoms with Crippen LogP contribution in [0.2, 0.25) is 0 Å². The second kappa shape index (κ2) is 4.80. The van der Waals surface area contributed by atoms with Gasteiger partial charge < -0.3 is 5.32 Å². The van der Waals surface area contributed by atoms with Crippen LogP contribution in [0.4, 0.5) is 4.39 Å². The maximum absolute atomic E-state index is 13.4. The van der Waals surface area contributed by atoms with Gasteiger partial charge in [-0.1, -0.05) is 12.1 Å². The average Bonchev–Trinajstić information content (AvgIpc) is 2.75. The van der Waals surface area contributed by atoms with Crippen molar-refractivity contribution in [2.45, 2.75) is 6.54 Å². The second-order valence-electron chi connectivity index (χ2n) is 3.29. The molecule has 1 heterocycles. The second-order valence-corrected chi connectivity index (χ2v) is 3.29. The van der Waals surface area contributed by atoms with Crippen molar-refractivity contribution in [3.05, 3.63) is 30.1 Å². The largest absolute Gasteiger partial charge is 0.318 e. The van der Waals surface area contributed by atoms with E-state index in [-0.39, 0.29) is 5.82 Å². The van der Waals surface area contributed by atoms with E-state index in [9.17, 15) is 4.39 Å². The molecule has 5 nitrogen and oxygen atoms in total. The summed E-state index contributed by atoms with van der Waals surface area (Å²) in [5.41, 5.74) is 0.373. The van der Waals surface area contributed by atoms with Gasteiger partial charge >= 0.3 is 0 Å². The average molecular weight is 221 g/mol. The van der Waals surface area contributed by atoms with E-state index in [0.717, 1.165) is 6.54 Å². The molecule has 0 saturated carbocycles. The van der Waals surface area contributed by atoms with Crippen LogP contribution in [0.1, 0.15) is 0 Å². The Bertz CT molecular complexity index is 468. The first-order chi connectivity index (χ1) is 7.81. The van der Waals surface area contributed by atoms with Crippen molar-refractivity contribution in [2.24, 2.45) is 0 Å². The number of nitrogens with zero attached hydrogens (tertiary/aromatic N) is 4. The third kappa shape index (κ3) is 2.22. The van der Waals surface area contributed by atoms with Crippen LogP contribution in [0.25, 0.3) is 11.4 Å². The molecule has 0 bridgehead atoms. The van der Waals surface area contributed by atoms with E-state index < -0.39 is 0 Å². The van der Waals surface area contributed by atoms with Crippen molar-refractivity contribution in [1.82, 2.24) is 25.5 Å². The van der Waals surface area contributed by atoms with Crippen LogP contribution >= 0.6 is 0 Å². The van der Waals surface area contributed by atoms with E-state index in [1.54, 1.807) is 18.2 Å². The van der Waals surface area contributed by atoms with Crippen LogP contribution in [-0.2, 0) is 6.54 Å². The van der Waals surface area contributed by atoms with E-state index >= 15 is 0 Å². The number of hydrogen-bond acceptors (Lipinski definition) is 4. The molecule has 84 valence electrons. The van der Waals surface area contributed by atoms with E-state index in [4.69, 9.17) is 0 Å². The van der Waals surface area contributed by atoms with Crippen LogP contribution in [0, 0.1) is 5.82 Å². The van der Waals surface area contributed by atoms with Gasteiger partial charge in [-0.3, -0.25) is 0 Å². The lowest BCUT2D eigenvalue weighted by molar-refractivity contribution is 0.507. The molecule has 0 radical (unpaired) electrons. The monoisotopic (exact) mass is 221 g/mol. The molecule has 0 aliphatic heterocycles. The van der Waals surface area contributed by atoms with Crippen LogP contribution < -0.4 is 5.32 Å². The van der Waals surface area contributed by atoms with Crippen LogP contribution in [0.3, 0.4) is 0 Å². The molecule has 0 atom stereocenters. The molecular weight excluding hydrogens is 209 g/mol. The first-order valence-electron chi connectivity index (χ1n) is 4.98. The van der Waals surface area contributed by atoms with Gasteiger partial charge in [0.15, 0.2) is 0 Å². The summed E-state index contributed by atoms with van der Waals surface area (Å²) in [6.45, 7) is 1.35. The van der Waals surface area contributed by atoms with Gasteiger partial charge in [-0.15, -0.1) is 10.2 Å². The Morgan fingerprint density at radius 3 is 2.94 bits per heavy atom. The van der Waals surface area contributed by atoms with Gasteiger partial charge in [0.25, 0.3) is 0 Å². The SMILES string of the molecule is CNCCn1nnc(-c2ccccc2F)n1. The molecule has 0 fully saturated rings. The minimum Gasteiger partial charge on any atom is -0.318 e. The molecule has 0 aliphatic rings. The summed E-state index contributed by atoms with van der Waals surface area (Å²) < 4.78 is 13.4. The maximum atomic E-state index is 13.4. The number of tetrazole rings is 1. The minimum absolute atomic E-state index is 0.314. The third-order valence-electron chi connectivity index (χ3n) is 2.13. The minimum atomic E-state index is -0.337. The first-order valence-corrected chi connectivity index (χ1v) is 4.98. The summed E-state index contributed by atoms with van der Waals surface area (Å²) in [6.07, 6.45) is 0. The van der Waals surface area contributed by atoms with Gasteiger partial charge in [0.1, 0.15) is 5.82 Å². The lowest BCUT2D eigenvalue weighted by Gasteiger charge is -1.97. The predicted octanol–water partition coefficient (Wildman–Crippen LogP) is 0.699. The van der Waals surface area contributed by atoms with Crippen molar-refractivity contribution in [3.63, 3.8) is 0 Å². The Hall–Kier alpha value is -1.82. The Kier molecular flexibility index (Phi) is 3.21. The Morgan fingerprint density at radius 2 is 2.19 bits per heavy atom. The molecule has 1 aromatic carbocycles. The smallest absolute Gasteiger partial charge is 0.207 e. The molecule has 2 rings (SSSR count). The molecule has 0 amide bonds. The molecule has 1 aromatic heterocycles. The van der Waals surface area contributed by atoms with Gasteiger partial charge in [0, 0.05) is 6.54 Å². The van der Waals surface area contributed by atoms with Crippen LogP contribution in [-0.4, -0.2) is 33.8 Å². The number of likely N-dealkylation sites (N-methyl/N-ethyl adjacent to an activating group) is 1. The summed E-state index contributed by atoms with van der Waals surface area (Å²) >= 11 is 0. The normalized spacial score (nSPS) is 10.6. The maximum Gasteiger partial charge on any atom is 0.207 e. The van der Waals surface area contributed by atoms with Gasteiger partial charge in [-0.2, -0.15) is 4.80 Å². The van der Waals surface area contributed by atoms with Gasteiger partial charge in [0.2, 0.25) is 5.82 Å². The molecule has 0 unspecified atom stereocenters. The molecule has 2 aromatic rings. The Morgan fingerprint density at radius 1 is 1.38 bits per heavy atom. The zero-order valence-corrected chi connectivity index (χ0v) is 8.89. The third-order valence-corrected chi connectivity index (χ3v) is 2.13. The van der Waals surface area contributed by atoms with Crippen molar-refractivity contribution < 1.29 is 4.39 Å². The highest BCUT2D eigenvalue weighted by Gasteiger charge is 2.09. The summed E-state index contributed by atoms with van der Waals surface area (Å²) in [7, 11) is 1.84. The number of hydrogen-bond donors (Lipinski definition) is 1. The van der Waals surface area contributed by atoms with E-state index in [1.165, 1.54) is 10.9 Å². The lowest BCUT2D eigenvalue weighted by atomic mass is 10.2. The highest BCUT2D eigenvalue weighted by atomic mass is 19.1. The number of halogens is 1. The first kappa shape index (κ1) is 10.7. The van der Waals surface area contributed by atoms with E-state index in [1.807, 2.05) is 7.05 Å². The zero-order chi connectivity index (χ0) is 11.4. The summed E-state index contributed by atoms with van der Waals surface area (Å²) in [4.78, 5) is 1.44. The Labute approximate surface area is 92.3 Å². The van der Waals surface area contributed by atoms with Gasteiger partial charge in [-0.25, -0.2) is 4.39 Å². The van der Waals surface area contributed by atoms with E-state index in [2.05, 4.69) is 20.7 Å². The molecule has 6 heteroatoms. The van der Waals surface area contributed by atoms with Crippen LogP contribution in [0.5, 0.6) is 0 Å². The van der Waals surface area contributed by atoms with Crippen molar-refractivity contribution in [3.8, 4) is 11.4 Å². The quantitative estimate of drug-likeness (QED) is 0.825. The van der Waals surface area contributed by atoms with E-state index in [0.29, 0.717) is 17.9 Å². The summed E-state index contributed by atoms with van der Waals surface area (Å²) in [5, 5.41) is 14.7. The summed E-state index contributed by atoms with van der Waals surface area (Å²) in [6, 6.07) is 6.38. The topological polar surface area (TPSA) is 55.6 Å². The number of aromatic nitrogens is 4. The highest BCUT2D eigenvalue weighted by molar-refractivity contribution is 5.54. The van der Waals surface area contributed by atoms with Crippen molar-refractivity contribution in [1.29, 1.82) is 0 Å². The lowest BCUT2D eigenvalue weighted by Crippen LogP contribution is -2.16. The zero-order valence-electron chi connectivity index (χ0n) is 8.89. The summed E-state index contributed by atoms with van der Waals surface area (Å²) in [5.74, 6) is -0.0233. The molecule has 0 aliphatic carbocycles. The fourth-order valence-electron chi connectivity index (χ4n) is 1.30. The number of benzene rings is 1. The fourth-order valence-corrected chi connectivity index (χ4v) is 1.30. The Balaban J connectivity index is 2.22. The standard InChI is InChI=1S/C10H12FN5/c1-12-6-7-16-14-10(13-15-16)8-4-2-3-5-9(8)11/h2-5,12H,6-7H2,1H3. The molecular formula is C10H12FN5. The predicted molar refractivity (Wildman–Crippen MR) is 57.1 cm³/mol. The highest BCUT2D eigenvalue weighted by Crippen LogP contribution is 2.16. The van der Waals surface area contributed by atoms with Crippen LogP contribution in [0.15, 0.2) is 24.3 Å². The van der Waals surface area contributed by atoms with Crippen molar-refractivity contribution in [2.75, 3.05) is 13.6 Å². The van der Waals surface area contributed by atoms with Crippen molar-refractivity contribution >= 4 is 0 Å². The fraction of sp³-hybridized carbons (Fsp3) is 0.300.